The molecule has 6 heteroatoms. The third-order valence-corrected chi connectivity index (χ3v) is 4.33. The molecule has 1 aromatic carbocycles. The number of aromatic nitrogens is 2. The molecule has 3 rings (SSSR count). The Bertz CT molecular complexity index is 874. The van der Waals surface area contributed by atoms with E-state index in [0.29, 0.717) is 12.3 Å². The van der Waals surface area contributed by atoms with Gasteiger partial charge < -0.3 is 9.47 Å². The van der Waals surface area contributed by atoms with E-state index in [1.54, 1.807) is 18.5 Å². The number of hydrogen-bond donors (Lipinski definition) is 0. The number of nitrogens with zero attached hydrogens (tertiary/aromatic N) is 2. The van der Waals surface area contributed by atoms with Crippen molar-refractivity contribution in [1.82, 2.24) is 9.97 Å². The predicted molar refractivity (Wildman–Crippen MR) is 101 cm³/mol. The number of hydrogen-bond acceptors (Lipinski definition) is 6. The Labute approximate surface area is 156 Å². The minimum absolute atomic E-state index is 0.139. The van der Waals surface area contributed by atoms with Crippen molar-refractivity contribution < 1.29 is 14.3 Å². The van der Waals surface area contributed by atoms with Crippen LogP contribution in [0.25, 0.3) is 6.08 Å². The normalized spacial score (nSPS) is 10.8. The summed E-state index contributed by atoms with van der Waals surface area (Å²) >= 11 is 1.48. The molecule has 0 N–H and O–H groups in total. The summed E-state index contributed by atoms with van der Waals surface area (Å²) in [6.45, 7) is 2.56. The summed E-state index contributed by atoms with van der Waals surface area (Å²) in [5.74, 6) is 0.396. The van der Waals surface area contributed by atoms with Crippen LogP contribution in [-0.2, 0) is 22.7 Å². The zero-order chi connectivity index (χ0) is 18.2. The summed E-state index contributed by atoms with van der Waals surface area (Å²) in [6, 6.07) is 11.5. The summed E-state index contributed by atoms with van der Waals surface area (Å²) < 4.78 is 10.9. The monoisotopic (exact) mass is 366 g/mol. The van der Waals surface area contributed by atoms with Crippen LogP contribution in [0.5, 0.6) is 5.75 Å². The zero-order valence-corrected chi connectivity index (χ0v) is 15.1. The molecular formula is C20H18N2O3S. The highest BCUT2D eigenvalue weighted by Gasteiger charge is 2.05. The minimum Gasteiger partial charge on any atom is -0.486 e. The van der Waals surface area contributed by atoms with Gasteiger partial charge in [0.15, 0.2) is 0 Å². The number of pyridine rings is 1. The predicted octanol–water partition coefficient (Wildman–Crippen LogP) is 4.18. The van der Waals surface area contributed by atoms with Crippen LogP contribution in [0.15, 0.2) is 60.2 Å². The van der Waals surface area contributed by atoms with Gasteiger partial charge >= 0.3 is 5.97 Å². The van der Waals surface area contributed by atoms with Crippen molar-refractivity contribution in [2.24, 2.45) is 0 Å². The van der Waals surface area contributed by atoms with E-state index < -0.39 is 5.97 Å². The number of ether oxygens (including phenoxy) is 2. The molecule has 0 aliphatic rings. The van der Waals surface area contributed by atoms with Crippen molar-refractivity contribution >= 4 is 23.4 Å². The van der Waals surface area contributed by atoms with Gasteiger partial charge in [0.2, 0.25) is 0 Å². The maximum Gasteiger partial charge on any atom is 0.331 e. The fourth-order valence-electron chi connectivity index (χ4n) is 2.09. The molecule has 0 bridgehead atoms. The molecule has 0 amide bonds. The number of thiazole rings is 1. The highest BCUT2D eigenvalue weighted by Crippen LogP contribution is 2.16. The summed E-state index contributed by atoms with van der Waals surface area (Å²) in [7, 11) is 0. The van der Waals surface area contributed by atoms with E-state index in [0.717, 1.165) is 16.3 Å². The average Bonchev–Trinajstić information content (AvgIpc) is 3.13. The second-order valence-electron chi connectivity index (χ2n) is 5.56. The first kappa shape index (κ1) is 17.8. The molecule has 132 valence electrons. The Kier molecular flexibility index (Phi) is 6.11. The Morgan fingerprint density at radius 1 is 1.12 bits per heavy atom. The highest BCUT2D eigenvalue weighted by molar-refractivity contribution is 7.09. The van der Waals surface area contributed by atoms with Crippen LogP contribution in [0, 0.1) is 6.92 Å². The molecule has 5 nitrogen and oxygen atoms in total. The Morgan fingerprint density at radius 3 is 2.65 bits per heavy atom. The van der Waals surface area contributed by atoms with Crippen molar-refractivity contribution in [3.05, 3.63) is 82.1 Å². The van der Waals surface area contributed by atoms with E-state index in [9.17, 15) is 4.79 Å². The van der Waals surface area contributed by atoms with Crippen molar-refractivity contribution in [2.45, 2.75) is 20.1 Å². The fourth-order valence-corrected chi connectivity index (χ4v) is 2.78. The molecule has 26 heavy (non-hydrogen) atoms. The van der Waals surface area contributed by atoms with Gasteiger partial charge in [-0.05, 0) is 42.8 Å². The molecule has 0 saturated carbocycles. The quantitative estimate of drug-likeness (QED) is 0.464. The lowest BCUT2D eigenvalue weighted by molar-refractivity contribution is -0.139. The molecule has 2 heterocycles. The van der Waals surface area contributed by atoms with Crippen LogP contribution >= 0.6 is 11.3 Å². The van der Waals surface area contributed by atoms with Gasteiger partial charge in [-0.25, -0.2) is 9.78 Å². The lowest BCUT2D eigenvalue weighted by atomic mass is 10.2. The molecular weight excluding hydrogens is 348 g/mol. The van der Waals surface area contributed by atoms with Gasteiger partial charge in [0.1, 0.15) is 24.0 Å². The first-order valence-corrected chi connectivity index (χ1v) is 8.94. The SMILES string of the molecule is Cc1ccc(OCc2nc(COC(=O)/C=C/c3ccncc3)cs2)cc1. The molecule has 0 aliphatic carbocycles. The summed E-state index contributed by atoms with van der Waals surface area (Å²) in [5, 5.41) is 2.71. The van der Waals surface area contributed by atoms with Gasteiger partial charge in [0.05, 0.1) is 5.69 Å². The number of benzene rings is 1. The van der Waals surface area contributed by atoms with Gasteiger partial charge in [-0.1, -0.05) is 17.7 Å². The minimum atomic E-state index is -0.410. The van der Waals surface area contributed by atoms with Gasteiger partial charge in [0.25, 0.3) is 0 Å². The van der Waals surface area contributed by atoms with Gasteiger partial charge in [-0.15, -0.1) is 11.3 Å². The smallest absolute Gasteiger partial charge is 0.331 e. The van der Waals surface area contributed by atoms with E-state index >= 15 is 0 Å². The molecule has 0 fully saturated rings. The number of carbonyl (C=O) groups excluding carboxylic acids is 1. The highest BCUT2D eigenvalue weighted by atomic mass is 32.1. The van der Waals surface area contributed by atoms with Crippen LogP contribution in [0.1, 0.15) is 21.8 Å². The molecule has 0 spiro atoms. The van der Waals surface area contributed by atoms with Crippen LogP contribution < -0.4 is 4.74 Å². The van der Waals surface area contributed by atoms with Crippen LogP contribution in [-0.4, -0.2) is 15.9 Å². The topological polar surface area (TPSA) is 61.3 Å². The van der Waals surface area contributed by atoms with E-state index in [1.807, 2.05) is 48.7 Å². The van der Waals surface area contributed by atoms with E-state index in [2.05, 4.69) is 9.97 Å². The van der Waals surface area contributed by atoms with Crippen molar-refractivity contribution in [3.63, 3.8) is 0 Å². The third kappa shape index (κ3) is 5.53. The second kappa shape index (κ2) is 8.92. The first-order valence-electron chi connectivity index (χ1n) is 8.07. The molecule has 0 atom stereocenters. The largest absolute Gasteiger partial charge is 0.486 e. The van der Waals surface area contributed by atoms with Crippen molar-refractivity contribution in [3.8, 4) is 5.75 Å². The maximum atomic E-state index is 11.8. The average molecular weight is 366 g/mol. The van der Waals surface area contributed by atoms with Crippen LogP contribution in [0.3, 0.4) is 0 Å². The molecule has 0 unspecified atom stereocenters. The summed E-state index contributed by atoms with van der Waals surface area (Å²) in [4.78, 5) is 20.1. The number of aryl methyl sites for hydroxylation is 1. The fraction of sp³-hybridized carbons (Fsp3) is 0.150. The van der Waals surface area contributed by atoms with E-state index in [-0.39, 0.29) is 6.61 Å². The number of esters is 1. The molecule has 0 radical (unpaired) electrons. The zero-order valence-electron chi connectivity index (χ0n) is 14.3. The van der Waals surface area contributed by atoms with Crippen LogP contribution in [0.4, 0.5) is 0 Å². The van der Waals surface area contributed by atoms with Crippen molar-refractivity contribution in [1.29, 1.82) is 0 Å². The number of carbonyl (C=O) groups is 1. The molecule has 0 aliphatic heterocycles. The van der Waals surface area contributed by atoms with Gasteiger partial charge in [-0.3, -0.25) is 4.98 Å². The lowest BCUT2D eigenvalue weighted by Crippen LogP contribution is -2.01. The standard InChI is InChI=1S/C20H18N2O3S/c1-15-2-5-18(6-3-15)24-13-19-22-17(14-26-19)12-25-20(23)7-4-16-8-10-21-11-9-16/h2-11,14H,12-13H2,1H3/b7-4+. The number of rotatable bonds is 7. The Hall–Kier alpha value is -2.99. The maximum absolute atomic E-state index is 11.8. The molecule has 2 aromatic heterocycles. The third-order valence-electron chi connectivity index (χ3n) is 3.46. The van der Waals surface area contributed by atoms with E-state index in [4.69, 9.17) is 9.47 Å². The molecule has 3 aromatic rings. The summed E-state index contributed by atoms with van der Waals surface area (Å²) in [5.41, 5.74) is 2.79. The van der Waals surface area contributed by atoms with Crippen molar-refractivity contribution in [2.75, 3.05) is 0 Å². The first-order chi connectivity index (χ1) is 12.7. The second-order valence-corrected chi connectivity index (χ2v) is 6.50. The van der Waals surface area contributed by atoms with Gasteiger partial charge in [0, 0.05) is 23.8 Å². The molecule has 0 saturated heterocycles. The Morgan fingerprint density at radius 2 is 1.88 bits per heavy atom. The summed E-state index contributed by atoms with van der Waals surface area (Å²) in [6.07, 6.45) is 6.41. The van der Waals surface area contributed by atoms with Gasteiger partial charge in [-0.2, -0.15) is 0 Å². The Balaban J connectivity index is 1.45. The van der Waals surface area contributed by atoms with Crippen LogP contribution in [0.2, 0.25) is 0 Å². The lowest BCUT2D eigenvalue weighted by Gasteiger charge is -2.03. The van der Waals surface area contributed by atoms with E-state index in [1.165, 1.54) is 23.0 Å².